The summed E-state index contributed by atoms with van der Waals surface area (Å²) in [5.74, 6) is 0. The maximum atomic E-state index is 5.45. The summed E-state index contributed by atoms with van der Waals surface area (Å²) in [6.07, 6.45) is 2.04. The first-order valence-corrected chi connectivity index (χ1v) is 5.26. The molecule has 0 saturated carbocycles. The van der Waals surface area contributed by atoms with Gasteiger partial charge in [-0.3, -0.25) is 0 Å². The molecule has 0 spiro atoms. The van der Waals surface area contributed by atoms with Gasteiger partial charge in [-0.1, -0.05) is 12.1 Å². The molecule has 4 heteroatoms. The summed E-state index contributed by atoms with van der Waals surface area (Å²) in [6.45, 7) is 0.746. The third-order valence-corrected chi connectivity index (χ3v) is 3.03. The molecule has 0 fully saturated rings. The number of aromatic nitrogens is 1. The molecule has 0 amide bonds. The Hall–Kier alpha value is -0.640. The van der Waals surface area contributed by atoms with Crippen LogP contribution in [0.5, 0.6) is 0 Å². The lowest BCUT2D eigenvalue weighted by Gasteiger charge is -1.89. The van der Waals surface area contributed by atoms with E-state index >= 15 is 0 Å². The van der Waals surface area contributed by atoms with Crippen LogP contribution in [0.2, 0.25) is 0 Å². The first-order valence-electron chi connectivity index (χ1n) is 4.44. The highest BCUT2D eigenvalue weighted by Gasteiger charge is 2.01. The van der Waals surface area contributed by atoms with Crippen LogP contribution in [0.25, 0.3) is 10.2 Å². The van der Waals surface area contributed by atoms with E-state index < -0.39 is 0 Å². The van der Waals surface area contributed by atoms with Gasteiger partial charge in [0.1, 0.15) is 0 Å². The minimum Gasteiger partial charge on any atom is -0.330 e. The summed E-state index contributed by atoms with van der Waals surface area (Å²) in [6, 6.07) is 8.23. The molecular formula is C10H13ClN2S. The second-order valence-electron chi connectivity index (χ2n) is 2.97. The SMILES string of the molecule is Cl.NCCCc1nc2ccccc2s1. The summed E-state index contributed by atoms with van der Waals surface area (Å²) in [4.78, 5) is 4.51. The number of para-hydroxylation sites is 1. The molecule has 0 aliphatic heterocycles. The van der Waals surface area contributed by atoms with Gasteiger partial charge in [-0.05, 0) is 25.1 Å². The van der Waals surface area contributed by atoms with Crippen molar-refractivity contribution in [3.63, 3.8) is 0 Å². The summed E-state index contributed by atoms with van der Waals surface area (Å²) < 4.78 is 1.27. The lowest BCUT2D eigenvalue weighted by Crippen LogP contribution is -1.99. The Bertz CT molecular complexity index is 367. The molecule has 2 aromatic rings. The van der Waals surface area contributed by atoms with Crippen LogP contribution in [-0.4, -0.2) is 11.5 Å². The lowest BCUT2D eigenvalue weighted by molar-refractivity contribution is 0.828. The predicted molar refractivity (Wildman–Crippen MR) is 64.2 cm³/mol. The van der Waals surface area contributed by atoms with Crippen LogP contribution in [0.15, 0.2) is 24.3 Å². The number of fused-ring (bicyclic) bond motifs is 1. The van der Waals surface area contributed by atoms with Crippen molar-refractivity contribution in [3.05, 3.63) is 29.3 Å². The summed E-state index contributed by atoms with van der Waals surface area (Å²) in [7, 11) is 0. The van der Waals surface area contributed by atoms with E-state index in [4.69, 9.17) is 5.73 Å². The molecule has 0 unspecified atom stereocenters. The molecule has 0 aliphatic rings. The maximum absolute atomic E-state index is 5.45. The number of rotatable bonds is 3. The van der Waals surface area contributed by atoms with Gasteiger partial charge in [0.05, 0.1) is 15.2 Å². The van der Waals surface area contributed by atoms with E-state index in [0.29, 0.717) is 0 Å². The minimum absolute atomic E-state index is 0. The Balaban J connectivity index is 0.000000980. The third kappa shape index (κ3) is 2.44. The van der Waals surface area contributed by atoms with Crippen LogP contribution < -0.4 is 5.73 Å². The molecule has 0 bridgehead atoms. The second kappa shape index (κ2) is 5.29. The average molecular weight is 229 g/mol. The van der Waals surface area contributed by atoms with Crippen molar-refractivity contribution in [1.82, 2.24) is 4.98 Å². The minimum atomic E-state index is 0. The van der Waals surface area contributed by atoms with E-state index in [-0.39, 0.29) is 12.4 Å². The smallest absolute Gasteiger partial charge is 0.0939 e. The Morgan fingerprint density at radius 3 is 2.79 bits per heavy atom. The van der Waals surface area contributed by atoms with Crippen LogP contribution in [0, 0.1) is 0 Å². The van der Waals surface area contributed by atoms with E-state index in [9.17, 15) is 0 Å². The molecule has 1 aromatic heterocycles. The quantitative estimate of drug-likeness (QED) is 0.877. The number of benzene rings is 1. The zero-order valence-corrected chi connectivity index (χ0v) is 9.40. The maximum Gasteiger partial charge on any atom is 0.0939 e. The fourth-order valence-electron chi connectivity index (χ4n) is 1.28. The van der Waals surface area contributed by atoms with E-state index in [1.54, 1.807) is 11.3 Å². The molecule has 14 heavy (non-hydrogen) atoms. The van der Waals surface area contributed by atoms with E-state index in [1.165, 1.54) is 9.71 Å². The monoisotopic (exact) mass is 228 g/mol. The van der Waals surface area contributed by atoms with Gasteiger partial charge in [-0.15, -0.1) is 23.7 Å². The summed E-state index contributed by atoms with van der Waals surface area (Å²) >= 11 is 1.77. The van der Waals surface area contributed by atoms with Gasteiger partial charge in [-0.25, -0.2) is 4.98 Å². The molecule has 0 saturated heterocycles. The molecule has 0 atom stereocenters. The van der Waals surface area contributed by atoms with Crippen molar-refractivity contribution in [2.45, 2.75) is 12.8 Å². The number of nitrogens with two attached hydrogens (primary N) is 1. The normalized spacial score (nSPS) is 10.1. The Kier molecular flexibility index (Phi) is 4.32. The van der Waals surface area contributed by atoms with Crippen LogP contribution >= 0.6 is 23.7 Å². The van der Waals surface area contributed by atoms with Crippen LogP contribution in [-0.2, 0) is 6.42 Å². The number of hydrogen-bond acceptors (Lipinski definition) is 3. The van der Waals surface area contributed by atoms with Crippen molar-refractivity contribution < 1.29 is 0 Å². The van der Waals surface area contributed by atoms with Gasteiger partial charge < -0.3 is 5.73 Å². The Morgan fingerprint density at radius 1 is 1.29 bits per heavy atom. The topological polar surface area (TPSA) is 38.9 Å². The largest absolute Gasteiger partial charge is 0.330 e. The number of thiazole rings is 1. The highest BCUT2D eigenvalue weighted by molar-refractivity contribution is 7.18. The standard InChI is InChI=1S/C10H12N2S.ClH/c11-7-3-6-10-12-8-4-1-2-5-9(8)13-10;/h1-2,4-5H,3,6-7,11H2;1H. The van der Waals surface area contributed by atoms with E-state index in [0.717, 1.165) is 24.9 Å². The molecule has 2 N–H and O–H groups in total. The van der Waals surface area contributed by atoms with Gasteiger partial charge in [0.2, 0.25) is 0 Å². The van der Waals surface area contributed by atoms with Crippen molar-refractivity contribution in [2.24, 2.45) is 5.73 Å². The molecule has 2 rings (SSSR count). The van der Waals surface area contributed by atoms with E-state index in [2.05, 4.69) is 17.1 Å². The summed E-state index contributed by atoms with van der Waals surface area (Å²) in [5, 5.41) is 1.20. The Morgan fingerprint density at radius 2 is 2.07 bits per heavy atom. The van der Waals surface area contributed by atoms with Gasteiger partial charge in [-0.2, -0.15) is 0 Å². The number of hydrogen-bond donors (Lipinski definition) is 1. The number of halogens is 1. The van der Waals surface area contributed by atoms with E-state index in [1.807, 2.05) is 12.1 Å². The molecule has 1 heterocycles. The third-order valence-electron chi connectivity index (χ3n) is 1.93. The number of nitrogens with zero attached hydrogens (tertiary/aromatic N) is 1. The van der Waals surface area contributed by atoms with Crippen molar-refractivity contribution in [1.29, 1.82) is 0 Å². The highest BCUT2D eigenvalue weighted by atomic mass is 35.5. The molecule has 2 nitrogen and oxygen atoms in total. The van der Waals surface area contributed by atoms with Gasteiger partial charge >= 0.3 is 0 Å². The molecule has 1 aromatic carbocycles. The zero-order valence-electron chi connectivity index (χ0n) is 7.77. The highest BCUT2D eigenvalue weighted by Crippen LogP contribution is 2.22. The van der Waals surface area contributed by atoms with Crippen molar-refractivity contribution >= 4 is 34.0 Å². The first kappa shape index (κ1) is 11.4. The fraction of sp³-hybridized carbons (Fsp3) is 0.300. The van der Waals surface area contributed by atoms with Crippen LogP contribution in [0.4, 0.5) is 0 Å². The van der Waals surface area contributed by atoms with Crippen LogP contribution in [0.3, 0.4) is 0 Å². The molecule has 0 aliphatic carbocycles. The molecule has 76 valence electrons. The lowest BCUT2D eigenvalue weighted by atomic mass is 10.3. The van der Waals surface area contributed by atoms with Gasteiger partial charge in [0.25, 0.3) is 0 Å². The number of aryl methyl sites for hydroxylation is 1. The van der Waals surface area contributed by atoms with Gasteiger partial charge in [0.15, 0.2) is 0 Å². The zero-order chi connectivity index (χ0) is 9.10. The van der Waals surface area contributed by atoms with Gasteiger partial charge in [0, 0.05) is 6.42 Å². The first-order chi connectivity index (χ1) is 6.40. The summed E-state index contributed by atoms with van der Waals surface area (Å²) in [5.41, 5.74) is 6.56. The van der Waals surface area contributed by atoms with Crippen LogP contribution in [0.1, 0.15) is 11.4 Å². The van der Waals surface area contributed by atoms with Crippen molar-refractivity contribution in [2.75, 3.05) is 6.54 Å². The predicted octanol–water partition coefficient (Wildman–Crippen LogP) is 2.61. The average Bonchev–Trinajstić information content (AvgIpc) is 2.57. The second-order valence-corrected chi connectivity index (χ2v) is 4.08. The molecular weight excluding hydrogens is 216 g/mol. The fourth-order valence-corrected chi connectivity index (χ4v) is 2.29. The van der Waals surface area contributed by atoms with Crippen molar-refractivity contribution in [3.8, 4) is 0 Å². The molecule has 0 radical (unpaired) electrons. The Labute approximate surface area is 93.6 Å².